The van der Waals surface area contributed by atoms with Crippen LogP contribution in [0.15, 0.2) is 0 Å². The van der Waals surface area contributed by atoms with Crippen LogP contribution in [0, 0.1) is 12.3 Å². The van der Waals surface area contributed by atoms with Crippen molar-refractivity contribution in [3.8, 4) is 24.4 Å². The Labute approximate surface area is 80.6 Å². The molecule has 1 rings (SSSR count). The van der Waals surface area contributed by atoms with Crippen molar-refractivity contribution in [3.63, 3.8) is 0 Å². The largest absolute Gasteiger partial charge is 0.467 e. The lowest BCUT2D eigenvalue weighted by atomic mass is 10.7. The number of hydrogen-bond donors (Lipinski definition) is 2. The van der Waals surface area contributed by atoms with E-state index in [2.05, 4.69) is 26.3 Å². The molecule has 0 aliphatic carbocycles. The van der Waals surface area contributed by atoms with Crippen molar-refractivity contribution < 1.29 is 9.47 Å². The lowest BCUT2D eigenvalue weighted by molar-refractivity contribution is 0.318. The maximum atomic E-state index is 5.12. The fraction of sp³-hybridized carbons (Fsp3) is 0.286. The van der Waals surface area contributed by atoms with Gasteiger partial charge < -0.3 is 9.47 Å². The van der Waals surface area contributed by atoms with Crippen LogP contribution >= 0.6 is 0 Å². The first-order chi connectivity index (χ1) is 6.80. The van der Waals surface area contributed by atoms with Gasteiger partial charge in [-0.15, -0.1) is 11.4 Å². The van der Waals surface area contributed by atoms with Crippen LogP contribution in [-0.4, -0.2) is 28.7 Å². The molecule has 0 saturated heterocycles. The number of aromatic nitrogens is 3. The molecule has 0 fully saturated rings. The molecule has 1 heterocycles. The summed E-state index contributed by atoms with van der Waals surface area (Å²) in [6.45, 7) is 0.0666. The van der Waals surface area contributed by atoms with E-state index >= 15 is 0 Å². The van der Waals surface area contributed by atoms with E-state index < -0.39 is 0 Å². The molecular weight excluding hydrogens is 186 g/mol. The molecule has 1 aromatic heterocycles. The molecule has 14 heavy (non-hydrogen) atoms. The van der Waals surface area contributed by atoms with Gasteiger partial charge in [-0.3, -0.25) is 5.43 Å². The highest BCUT2D eigenvalue weighted by Gasteiger charge is 2.05. The summed E-state index contributed by atoms with van der Waals surface area (Å²) in [6.07, 6.45) is 5.00. The maximum absolute atomic E-state index is 5.12. The van der Waals surface area contributed by atoms with Crippen LogP contribution in [-0.2, 0) is 0 Å². The predicted molar refractivity (Wildman–Crippen MR) is 48.5 cm³/mol. The molecule has 3 N–H and O–H groups in total. The van der Waals surface area contributed by atoms with Gasteiger partial charge in [-0.25, -0.2) is 5.84 Å². The Morgan fingerprint density at radius 3 is 2.71 bits per heavy atom. The number of nitrogens with zero attached hydrogens (tertiary/aromatic N) is 3. The second kappa shape index (κ2) is 4.84. The van der Waals surface area contributed by atoms with E-state index in [0.29, 0.717) is 0 Å². The van der Waals surface area contributed by atoms with Crippen molar-refractivity contribution in [2.75, 3.05) is 19.1 Å². The Morgan fingerprint density at radius 2 is 2.14 bits per heavy atom. The summed E-state index contributed by atoms with van der Waals surface area (Å²) >= 11 is 0. The number of terminal acetylenes is 1. The SMILES string of the molecule is C#CCOc1nc(NN)nc(OC)n1. The van der Waals surface area contributed by atoms with Gasteiger partial charge in [0.15, 0.2) is 6.61 Å². The van der Waals surface area contributed by atoms with Gasteiger partial charge in [0.25, 0.3) is 0 Å². The topological polar surface area (TPSA) is 95.2 Å². The molecule has 7 heteroatoms. The van der Waals surface area contributed by atoms with Crippen molar-refractivity contribution in [2.45, 2.75) is 0 Å². The third kappa shape index (κ3) is 2.46. The molecule has 0 atom stereocenters. The summed E-state index contributed by atoms with van der Waals surface area (Å²) in [5.41, 5.74) is 2.24. The van der Waals surface area contributed by atoms with E-state index in [1.54, 1.807) is 0 Å². The molecule has 0 radical (unpaired) electrons. The Hall–Kier alpha value is -2.07. The molecule has 0 bridgehead atoms. The van der Waals surface area contributed by atoms with Gasteiger partial charge in [-0.1, -0.05) is 5.92 Å². The number of nitrogens with one attached hydrogen (secondary N) is 1. The molecule has 74 valence electrons. The number of nitrogen functional groups attached to an aromatic ring is 1. The van der Waals surface area contributed by atoms with Crippen molar-refractivity contribution >= 4 is 5.95 Å². The van der Waals surface area contributed by atoms with E-state index in [1.807, 2.05) is 0 Å². The summed E-state index contributed by atoms with van der Waals surface area (Å²) in [7, 11) is 1.42. The monoisotopic (exact) mass is 195 g/mol. The quantitative estimate of drug-likeness (QED) is 0.368. The summed E-state index contributed by atoms with van der Waals surface area (Å²) in [6, 6.07) is 0.155. The fourth-order valence-electron chi connectivity index (χ4n) is 0.665. The highest BCUT2D eigenvalue weighted by Crippen LogP contribution is 2.11. The van der Waals surface area contributed by atoms with Crippen LogP contribution in [0.1, 0.15) is 0 Å². The third-order valence-corrected chi connectivity index (χ3v) is 1.19. The Balaban J connectivity index is 2.87. The van der Waals surface area contributed by atoms with Crippen LogP contribution in [0.5, 0.6) is 12.0 Å². The standard InChI is InChI=1S/C7H9N5O2/c1-3-4-14-7-10-5(12-8)9-6(11-7)13-2/h1H,4,8H2,2H3,(H,9,10,11,12). The van der Waals surface area contributed by atoms with Gasteiger partial charge >= 0.3 is 12.0 Å². The first kappa shape index (κ1) is 10.0. The number of rotatable bonds is 4. The molecule has 0 unspecified atom stereocenters. The smallest absolute Gasteiger partial charge is 0.325 e. The van der Waals surface area contributed by atoms with Crippen molar-refractivity contribution in [3.05, 3.63) is 0 Å². The third-order valence-electron chi connectivity index (χ3n) is 1.19. The van der Waals surface area contributed by atoms with Crippen LogP contribution in [0.4, 0.5) is 5.95 Å². The van der Waals surface area contributed by atoms with Crippen LogP contribution in [0.25, 0.3) is 0 Å². The molecule has 0 aliphatic heterocycles. The van der Waals surface area contributed by atoms with Crippen molar-refractivity contribution in [1.29, 1.82) is 0 Å². The minimum atomic E-state index is 0.0581. The van der Waals surface area contributed by atoms with Gasteiger partial charge in [-0.2, -0.15) is 9.97 Å². The lowest BCUT2D eigenvalue weighted by Gasteiger charge is -2.04. The summed E-state index contributed by atoms with van der Waals surface area (Å²) in [5, 5.41) is 0. The Morgan fingerprint density at radius 1 is 1.43 bits per heavy atom. The lowest BCUT2D eigenvalue weighted by Crippen LogP contribution is -2.13. The van der Waals surface area contributed by atoms with E-state index in [9.17, 15) is 0 Å². The number of anilines is 1. The normalized spacial score (nSPS) is 8.93. The molecule has 0 aliphatic rings. The van der Waals surface area contributed by atoms with Crippen molar-refractivity contribution in [1.82, 2.24) is 15.0 Å². The van der Waals surface area contributed by atoms with Crippen LogP contribution < -0.4 is 20.7 Å². The van der Waals surface area contributed by atoms with E-state index in [4.69, 9.17) is 21.7 Å². The van der Waals surface area contributed by atoms with Crippen LogP contribution in [0.3, 0.4) is 0 Å². The molecule has 0 saturated carbocycles. The highest BCUT2D eigenvalue weighted by molar-refractivity contribution is 5.25. The van der Waals surface area contributed by atoms with Gasteiger partial charge in [0.1, 0.15) is 0 Å². The van der Waals surface area contributed by atoms with Gasteiger partial charge in [-0.05, 0) is 0 Å². The van der Waals surface area contributed by atoms with E-state index in [-0.39, 0.29) is 24.6 Å². The zero-order valence-electron chi connectivity index (χ0n) is 7.52. The average Bonchev–Trinajstić information content (AvgIpc) is 2.25. The first-order valence-electron chi connectivity index (χ1n) is 3.63. The molecule has 7 nitrogen and oxygen atoms in total. The average molecular weight is 195 g/mol. The number of ether oxygens (including phenoxy) is 2. The fourth-order valence-corrected chi connectivity index (χ4v) is 0.665. The molecular formula is C7H9N5O2. The van der Waals surface area contributed by atoms with E-state index in [1.165, 1.54) is 7.11 Å². The molecule has 0 amide bonds. The van der Waals surface area contributed by atoms with Crippen molar-refractivity contribution in [2.24, 2.45) is 5.84 Å². The van der Waals surface area contributed by atoms with Crippen LogP contribution in [0.2, 0.25) is 0 Å². The van der Waals surface area contributed by atoms with E-state index in [0.717, 1.165) is 0 Å². The number of nitrogens with two attached hydrogens (primary N) is 1. The summed E-state index contributed by atoms with van der Waals surface area (Å²) in [4.78, 5) is 11.3. The first-order valence-corrected chi connectivity index (χ1v) is 3.63. The minimum Gasteiger partial charge on any atom is -0.467 e. The highest BCUT2D eigenvalue weighted by atomic mass is 16.5. The molecule has 0 aromatic carbocycles. The zero-order chi connectivity index (χ0) is 10.4. The number of methoxy groups -OCH3 is 1. The minimum absolute atomic E-state index is 0.0581. The van der Waals surface area contributed by atoms with Gasteiger partial charge in [0.2, 0.25) is 5.95 Å². The Kier molecular flexibility index (Phi) is 3.46. The summed E-state index contributed by atoms with van der Waals surface area (Å²) in [5.74, 6) is 7.54. The maximum Gasteiger partial charge on any atom is 0.325 e. The zero-order valence-corrected chi connectivity index (χ0v) is 7.52. The summed E-state index contributed by atoms with van der Waals surface area (Å²) < 4.78 is 9.75. The predicted octanol–water partition coefficient (Wildman–Crippen LogP) is -0.822. The second-order valence-electron chi connectivity index (χ2n) is 2.07. The van der Waals surface area contributed by atoms with Gasteiger partial charge in [0.05, 0.1) is 7.11 Å². The molecule has 0 spiro atoms. The van der Waals surface area contributed by atoms with Gasteiger partial charge in [0, 0.05) is 0 Å². The molecule has 1 aromatic rings. The number of hydrazine groups is 1. The Bertz CT molecular complexity index is 326. The number of hydrogen-bond acceptors (Lipinski definition) is 7. The second-order valence-corrected chi connectivity index (χ2v) is 2.07.